The van der Waals surface area contributed by atoms with E-state index in [4.69, 9.17) is 5.73 Å². The average Bonchev–Trinajstić information content (AvgIpc) is 2.17. The Bertz CT molecular complexity index is 302. The lowest BCUT2D eigenvalue weighted by Crippen LogP contribution is -2.10. The summed E-state index contributed by atoms with van der Waals surface area (Å²) >= 11 is 1.90. The number of benzene rings is 1. The fourth-order valence-corrected chi connectivity index (χ4v) is 2.26. The van der Waals surface area contributed by atoms with Crippen molar-refractivity contribution in [1.82, 2.24) is 0 Å². The van der Waals surface area contributed by atoms with E-state index in [0.717, 1.165) is 18.7 Å². The van der Waals surface area contributed by atoms with Crippen LogP contribution in [0.4, 0.5) is 0 Å². The fraction of sp³-hybridized carbons (Fsp3) is 0.538. The van der Waals surface area contributed by atoms with Crippen molar-refractivity contribution in [2.24, 2.45) is 5.73 Å². The highest BCUT2D eigenvalue weighted by molar-refractivity contribution is 7.99. The highest BCUT2D eigenvalue weighted by atomic mass is 32.2. The minimum atomic E-state index is 0.241. The van der Waals surface area contributed by atoms with Crippen molar-refractivity contribution in [2.75, 3.05) is 12.3 Å². The van der Waals surface area contributed by atoms with E-state index in [-0.39, 0.29) is 5.41 Å². The Labute approximate surface area is 97.4 Å². The maximum atomic E-state index is 5.48. The predicted molar refractivity (Wildman–Crippen MR) is 69.5 cm³/mol. The summed E-state index contributed by atoms with van der Waals surface area (Å²) in [4.78, 5) is 1.36. The van der Waals surface area contributed by atoms with E-state index in [1.807, 2.05) is 11.8 Å². The monoisotopic (exact) mass is 223 g/mol. The molecule has 1 aromatic carbocycles. The van der Waals surface area contributed by atoms with Gasteiger partial charge in [0.2, 0.25) is 0 Å². The molecule has 2 heteroatoms. The Balaban J connectivity index is 2.66. The summed E-state index contributed by atoms with van der Waals surface area (Å²) in [7, 11) is 0. The predicted octanol–water partition coefficient (Wildman–Crippen LogP) is 3.43. The Kier molecular flexibility index (Phi) is 4.68. The van der Waals surface area contributed by atoms with Crippen LogP contribution in [0.25, 0.3) is 0 Å². The summed E-state index contributed by atoms with van der Waals surface area (Å²) in [5.41, 5.74) is 7.12. The molecule has 2 N–H and O–H groups in total. The zero-order valence-corrected chi connectivity index (χ0v) is 10.7. The first-order valence-electron chi connectivity index (χ1n) is 5.47. The molecular formula is C13H21NS. The van der Waals surface area contributed by atoms with Crippen molar-refractivity contribution in [2.45, 2.75) is 37.5 Å². The average molecular weight is 223 g/mol. The van der Waals surface area contributed by atoms with Gasteiger partial charge in [0.05, 0.1) is 0 Å². The van der Waals surface area contributed by atoms with Crippen molar-refractivity contribution in [1.29, 1.82) is 0 Å². The van der Waals surface area contributed by atoms with Crippen LogP contribution in [-0.2, 0) is 5.41 Å². The Morgan fingerprint density at radius 1 is 1.27 bits per heavy atom. The Hall–Kier alpha value is -0.470. The SMILES string of the molecule is CC(C)(C)c1cccc(SCCCN)c1. The molecule has 0 fully saturated rings. The lowest BCUT2D eigenvalue weighted by atomic mass is 9.87. The van der Waals surface area contributed by atoms with Crippen LogP contribution in [0.3, 0.4) is 0 Å². The second kappa shape index (κ2) is 5.57. The van der Waals surface area contributed by atoms with Crippen molar-refractivity contribution in [3.8, 4) is 0 Å². The van der Waals surface area contributed by atoms with Crippen LogP contribution in [0.1, 0.15) is 32.8 Å². The van der Waals surface area contributed by atoms with Crippen LogP contribution < -0.4 is 5.73 Å². The second-order valence-corrected chi connectivity index (χ2v) is 5.94. The van der Waals surface area contributed by atoms with Crippen LogP contribution in [0.15, 0.2) is 29.2 Å². The van der Waals surface area contributed by atoms with Gasteiger partial charge in [-0.3, -0.25) is 0 Å². The first-order valence-corrected chi connectivity index (χ1v) is 6.46. The van der Waals surface area contributed by atoms with Gasteiger partial charge in [0.1, 0.15) is 0 Å². The van der Waals surface area contributed by atoms with E-state index in [0.29, 0.717) is 0 Å². The van der Waals surface area contributed by atoms with Crippen LogP contribution in [0, 0.1) is 0 Å². The number of hydrogen-bond acceptors (Lipinski definition) is 2. The third-order valence-electron chi connectivity index (χ3n) is 2.32. The number of rotatable bonds is 4. The first-order chi connectivity index (χ1) is 7.04. The summed E-state index contributed by atoms with van der Waals surface area (Å²) in [6.07, 6.45) is 1.09. The van der Waals surface area contributed by atoms with Gasteiger partial charge in [0.25, 0.3) is 0 Å². The highest BCUT2D eigenvalue weighted by Crippen LogP contribution is 2.27. The standard InChI is InChI=1S/C13H21NS/c1-13(2,3)11-6-4-7-12(10-11)15-9-5-8-14/h4,6-7,10H,5,8-9,14H2,1-3H3. The van der Waals surface area contributed by atoms with Crippen molar-refractivity contribution in [3.63, 3.8) is 0 Å². The highest BCUT2D eigenvalue weighted by Gasteiger charge is 2.13. The van der Waals surface area contributed by atoms with Gasteiger partial charge in [0.15, 0.2) is 0 Å². The molecule has 1 nitrogen and oxygen atoms in total. The fourth-order valence-electron chi connectivity index (χ4n) is 1.33. The topological polar surface area (TPSA) is 26.0 Å². The summed E-state index contributed by atoms with van der Waals surface area (Å²) in [6, 6.07) is 8.82. The molecule has 0 spiro atoms. The molecule has 15 heavy (non-hydrogen) atoms. The Morgan fingerprint density at radius 2 is 2.00 bits per heavy atom. The number of hydrogen-bond donors (Lipinski definition) is 1. The largest absolute Gasteiger partial charge is 0.330 e. The molecule has 0 radical (unpaired) electrons. The van der Waals surface area contributed by atoms with Crippen LogP contribution in [-0.4, -0.2) is 12.3 Å². The molecule has 0 amide bonds. The van der Waals surface area contributed by atoms with Gasteiger partial charge in [-0.05, 0) is 41.8 Å². The van der Waals surface area contributed by atoms with Gasteiger partial charge in [-0.2, -0.15) is 0 Å². The molecule has 0 aliphatic heterocycles. The lowest BCUT2D eigenvalue weighted by Gasteiger charge is -2.19. The van der Waals surface area contributed by atoms with Gasteiger partial charge in [-0.15, -0.1) is 11.8 Å². The van der Waals surface area contributed by atoms with Gasteiger partial charge in [0, 0.05) is 4.90 Å². The summed E-state index contributed by atoms with van der Waals surface area (Å²) < 4.78 is 0. The van der Waals surface area contributed by atoms with Crippen molar-refractivity contribution >= 4 is 11.8 Å². The van der Waals surface area contributed by atoms with E-state index in [9.17, 15) is 0 Å². The molecule has 1 rings (SSSR count). The molecule has 0 saturated heterocycles. The van der Waals surface area contributed by atoms with E-state index in [1.165, 1.54) is 10.5 Å². The van der Waals surface area contributed by atoms with E-state index in [1.54, 1.807) is 0 Å². The van der Waals surface area contributed by atoms with Crippen molar-refractivity contribution < 1.29 is 0 Å². The van der Waals surface area contributed by atoms with Crippen LogP contribution in [0.5, 0.6) is 0 Å². The normalized spacial score (nSPS) is 11.7. The third-order valence-corrected chi connectivity index (χ3v) is 3.40. The number of nitrogens with two attached hydrogens (primary N) is 1. The van der Waals surface area contributed by atoms with E-state index in [2.05, 4.69) is 45.0 Å². The molecule has 0 unspecified atom stereocenters. The maximum Gasteiger partial charge on any atom is 0.00748 e. The van der Waals surface area contributed by atoms with Gasteiger partial charge < -0.3 is 5.73 Å². The number of thioether (sulfide) groups is 1. The minimum Gasteiger partial charge on any atom is -0.330 e. The molecule has 1 aromatic rings. The Morgan fingerprint density at radius 3 is 2.60 bits per heavy atom. The smallest absolute Gasteiger partial charge is 0.00748 e. The quantitative estimate of drug-likeness (QED) is 0.625. The molecule has 84 valence electrons. The summed E-state index contributed by atoms with van der Waals surface area (Å²) in [6.45, 7) is 7.52. The van der Waals surface area contributed by atoms with Gasteiger partial charge in [-0.1, -0.05) is 32.9 Å². The molecule has 0 aromatic heterocycles. The van der Waals surface area contributed by atoms with Crippen molar-refractivity contribution in [3.05, 3.63) is 29.8 Å². The van der Waals surface area contributed by atoms with E-state index >= 15 is 0 Å². The summed E-state index contributed by atoms with van der Waals surface area (Å²) in [5.74, 6) is 1.12. The molecule has 0 saturated carbocycles. The van der Waals surface area contributed by atoms with Crippen LogP contribution >= 0.6 is 11.8 Å². The molecule has 0 aliphatic rings. The second-order valence-electron chi connectivity index (χ2n) is 4.77. The molecule has 0 aliphatic carbocycles. The molecule has 0 bridgehead atoms. The molecular weight excluding hydrogens is 202 g/mol. The first kappa shape index (κ1) is 12.6. The third kappa shape index (κ3) is 4.27. The summed E-state index contributed by atoms with van der Waals surface area (Å²) in [5, 5.41) is 0. The maximum absolute atomic E-state index is 5.48. The molecule has 0 atom stereocenters. The van der Waals surface area contributed by atoms with Gasteiger partial charge in [-0.25, -0.2) is 0 Å². The zero-order chi connectivity index (χ0) is 11.3. The zero-order valence-electron chi connectivity index (χ0n) is 9.92. The van der Waals surface area contributed by atoms with Gasteiger partial charge >= 0.3 is 0 Å². The van der Waals surface area contributed by atoms with E-state index < -0.39 is 0 Å². The minimum absolute atomic E-state index is 0.241. The molecule has 0 heterocycles. The lowest BCUT2D eigenvalue weighted by molar-refractivity contribution is 0.588. The van der Waals surface area contributed by atoms with Crippen LogP contribution in [0.2, 0.25) is 0 Å².